The Labute approximate surface area is 57.0 Å². The Kier molecular flexibility index (Phi) is 1.14. The molecule has 2 aliphatic rings. The van der Waals surface area contributed by atoms with Gasteiger partial charge >= 0.3 is 0 Å². The Hall–Kier alpha value is -0.260. The lowest BCUT2D eigenvalue weighted by Gasteiger charge is -2.14. The number of hydrogen-bond donors (Lipinski definition) is 0. The minimum atomic E-state index is 0.972. The second-order valence-electron chi connectivity index (χ2n) is 3.45. The van der Waals surface area contributed by atoms with Gasteiger partial charge in [-0.1, -0.05) is 25.5 Å². The lowest BCUT2D eigenvalue weighted by molar-refractivity contribution is 0.434. The van der Waals surface area contributed by atoms with Gasteiger partial charge in [0.2, 0.25) is 0 Å². The number of allylic oxidation sites excluding steroid dienone is 2. The van der Waals surface area contributed by atoms with Crippen LogP contribution in [0.4, 0.5) is 0 Å². The van der Waals surface area contributed by atoms with Crippen molar-refractivity contribution in [1.82, 2.24) is 0 Å². The summed E-state index contributed by atoms with van der Waals surface area (Å²) in [7, 11) is 0. The van der Waals surface area contributed by atoms with E-state index in [4.69, 9.17) is 0 Å². The van der Waals surface area contributed by atoms with Gasteiger partial charge in [0.15, 0.2) is 0 Å². The van der Waals surface area contributed by atoms with Crippen molar-refractivity contribution in [3.63, 3.8) is 0 Å². The third kappa shape index (κ3) is 0.726. The van der Waals surface area contributed by atoms with Gasteiger partial charge in [0, 0.05) is 0 Å². The van der Waals surface area contributed by atoms with Gasteiger partial charge in [-0.25, -0.2) is 0 Å². The molecule has 0 heterocycles. The molecule has 3 atom stereocenters. The van der Waals surface area contributed by atoms with Crippen LogP contribution in [-0.4, -0.2) is 0 Å². The maximum Gasteiger partial charge on any atom is -0.0199 e. The molecule has 1 fully saturated rings. The van der Waals surface area contributed by atoms with E-state index in [0.717, 1.165) is 17.8 Å². The molecule has 0 nitrogen and oxygen atoms in total. The van der Waals surface area contributed by atoms with E-state index in [0.29, 0.717) is 0 Å². The summed E-state index contributed by atoms with van der Waals surface area (Å²) in [6.45, 7) is 2.32. The van der Waals surface area contributed by atoms with Crippen LogP contribution in [0.25, 0.3) is 0 Å². The zero-order valence-electron chi connectivity index (χ0n) is 6.01. The second kappa shape index (κ2) is 1.86. The van der Waals surface area contributed by atoms with Gasteiger partial charge in [-0.15, -0.1) is 0 Å². The van der Waals surface area contributed by atoms with Gasteiger partial charge in [0.25, 0.3) is 0 Å². The average Bonchev–Trinajstić information content (AvgIpc) is 2.45. The molecule has 2 bridgehead atoms. The van der Waals surface area contributed by atoms with Crippen LogP contribution in [-0.2, 0) is 0 Å². The highest BCUT2D eigenvalue weighted by atomic mass is 14.4. The van der Waals surface area contributed by atoms with Gasteiger partial charge in [-0.3, -0.25) is 0 Å². The summed E-state index contributed by atoms with van der Waals surface area (Å²) >= 11 is 0. The molecule has 0 amide bonds. The van der Waals surface area contributed by atoms with Crippen LogP contribution in [0.2, 0.25) is 0 Å². The van der Waals surface area contributed by atoms with Crippen molar-refractivity contribution in [1.29, 1.82) is 0 Å². The van der Waals surface area contributed by atoms with E-state index in [-0.39, 0.29) is 0 Å². The molecule has 0 saturated heterocycles. The van der Waals surface area contributed by atoms with Gasteiger partial charge in [0.05, 0.1) is 0 Å². The highest BCUT2D eigenvalue weighted by molar-refractivity contribution is 5.09. The van der Waals surface area contributed by atoms with Crippen molar-refractivity contribution in [3.8, 4) is 0 Å². The molecule has 9 heavy (non-hydrogen) atoms. The van der Waals surface area contributed by atoms with Crippen LogP contribution in [0.5, 0.6) is 0 Å². The first kappa shape index (κ1) is 5.52. The molecule has 1 unspecified atom stereocenters. The van der Waals surface area contributed by atoms with Crippen molar-refractivity contribution in [3.05, 3.63) is 12.2 Å². The maximum atomic E-state index is 2.43. The van der Waals surface area contributed by atoms with Gasteiger partial charge in [-0.05, 0) is 30.6 Å². The first-order valence-electron chi connectivity index (χ1n) is 4.08. The highest BCUT2D eigenvalue weighted by Gasteiger charge is 2.33. The molecule has 50 valence electrons. The fraction of sp³-hybridized carbons (Fsp3) is 0.778. The molecule has 0 aromatic rings. The Morgan fingerprint density at radius 3 is 2.56 bits per heavy atom. The molecule has 0 spiro atoms. The van der Waals surface area contributed by atoms with Crippen molar-refractivity contribution in [2.75, 3.05) is 0 Å². The van der Waals surface area contributed by atoms with Crippen LogP contribution in [0.15, 0.2) is 12.2 Å². The third-order valence-corrected chi connectivity index (χ3v) is 2.94. The van der Waals surface area contributed by atoms with Gasteiger partial charge in [0.1, 0.15) is 0 Å². The van der Waals surface area contributed by atoms with Crippen LogP contribution < -0.4 is 0 Å². The monoisotopic (exact) mass is 122 g/mol. The van der Waals surface area contributed by atoms with Crippen LogP contribution >= 0.6 is 0 Å². The molecular weight excluding hydrogens is 108 g/mol. The summed E-state index contributed by atoms with van der Waals surface area (Å²) in [5, 5.41) is 0. The Bertz CT molecular complexity index is 135. The molecular formula is C9H14. The standard InChI is InChI=1S/C9H14/c1-2-8-5-7-3-4-9(8)6-7/h3-4,7-9H,2,5-6H2,1H3/t7-,8?,9-/m0/s1. The van der Waals surface area contributed by atoms with Crippen molar-refractivity contribution in [2.45, 2.75) is 26.2 Å². The lowest BCUT2D eigenvalue weighted by atomic mass is 9.91. The van der Waals surface area contributed by atoms with Crippen molar-refractivity contribution in [2.24, 2.45) is 17.8 Å². The average molecular weight is 122 g/mol. The summed E-state index contributed by atoms with van der Waals surface area (Å²) in [6.07, 6.45) is 9.20. The summed E-state index contributed by atoms with van der Waals surface area (Å²) in [5.74, 6) is 2.99. The first-order valence-corrected chi connectivity index (χ1v) is 4.08. The molecule has 0 radical (unpaired) electrons. The Morgan fingerprint density at radius 1 is 1.33 bits per heavy atom. The van der Waals surface area contributed by atoms with Gasteiger partial charge in [-0.2, -0.15) is 0 Å². The fourth-order valence-corrected chi connectivity index (χ4v) is 2.36. The number of rotatable bonds is 1. The summed E-state index contributed by atoms with van der Waals surface area (Å²) in [5.41, 5.74) is 0. The molecule has 1 saturated carbocycles. The lowest BCUT2D eigenvalue weighted by Crippen LogP contribution is -2.04. The predicted molar refractivity (Wildman–Crippen MR) is 39.1 cm³/mol. The second-order valence-corrected chi connectivity index (χ2v) is 3.45. The summed E-state index contributed by atoms with van der Waals surface area (Å²) in [4.78, 5) is 0. The van der Waals surface area contributed by atoms with E-state index >= 15 is 0 Å². The molecule has 2 aliphatic carbocycles. The van der Waals surface area contributed by atoms with E-state index in [1.165, 1.54) is 19.3 Å². The Balaban J connectivity index is 2.10. The predicted octanol–water partition coefficient (Wildman–Crippen LogP) is 2.61. The zero-order chi connectivity index (χ0) is 6.27. The number of hydrogen-bond acceptors (Lipinski definition) is 0. The fourth-order valence-electron chi connectivity index (χ4n) is 2.36. The molecule has 0 N–H and O–H groups in total. The molecule has 0 heteroatoms. The third-order valence-electron chi connectivity index (χ3n) is 2.94. The Morgan fingerprint density at radius 2 is 2.22 bits per heavy atom. The van der Waals surface area contributed by atoms with Crippen LogP contribution in [0.1, 0.15) is 26.2 Å². The number of fused-ring (bicyclic) bond motifs is 2. The van der Waals surface area contributed by atoms with E-state index in [1.807, 2.05) is 0 Å². The van der Waals surface area contributed by atoms with Crippen LogP contribution in [0.3, 0.4) is 0 Å². The maximum absolute atomic E-state index is 2.43. The molecule has 2 rings (SSSR count). The van der Waals surface area contributed by atoms with E-state index in [2.05, 4.69) is 19.1 Å². The van der Waals surface area contributed by atoms with Crippen molar-refractivity contribution >= 4 is 0 Å². The topological polar surface area (TPSA) is 0 Å². The quantitative estimate of drug-likeness (QED) is 0.469. The smallest absolute Gasteiger partial charge is 0.0199 e. The minimum absolute atomic E-state index is 0.972. The summed E-state index contributed by atoms with van der Waals surface area (Å²) < 4.78 is 0. The van der Waals surface area contributed by atoms with Crippen molar-refractivity contribution < 1.29 is 0 Å². The zero-order valence-corrected chi connectivity index (χ0v) is 6.01. The molecule has 0 aliphatic heterocycles. The minimum Gasteiger partial charge on any atom is -0.0851 e. The summed E-state index contributed by atoms with van der Waals surface area (Å²) in [6, 6.07) is 0. The normalized spacial score (nSPS) is 46.6. The molecule has 0 aromatic heterocycles. The van der Waals surface area contributed by atoms with E-state index in [9.17, 15) is 0 Å². The highest BCUT2D eigenvalue weighted by Crippen LogP contribution is 2.44. The van der Waals surface area contributed by atoms with Crippen LogP contribution in [0, 0.1) is 17.8 Å². The van der Waals surface area contributed by atoms with E-state index < -0.39 is 0 Å². The van der Waals surface area contributed by atoms with E-state index in [1.54, 1.807) is 0 Å². The van der Waals surface area contributed by atoms with Gasteiger partial charge < -0.3 is 0 Å². The molecule has 0 aromatic carbocycles. The first-order chi connectivity index (χ1) is 4.40. The largest absolute Gasteiger partial charge is 0.0851 e. The SMILES string of the molecule is CCC1C[C@@H]2C=C[C@H]1C2.